The SMILES string of the molecule is O=S(=O)(NC[C@@]1(O)CCc2ccccc2C1)c1ccc(Br)cc1. The molecule has 0 bridgehead atoms. The summed E-state index contributed by atoms with van der Waals surface area (Å²) in [6.07, 6.45) is 1.77. The Balaban J connectivity index is 1.71. The van der Waals surface area contributed by atoms with Gasteiger partial charge in [-0.05, 0) is 48.2 Å². The Bertz CT molecular complexity index is 805. The lowest BCUT2D eigenvalue weighted by Gasteiger charge is -2.33. The second kappa shape index (κ2) is 6.36. The molecule has 1 aliphatic carbocycles. The Hall–Kier alpha value is -1.21. The van der Waals surface area contributed by atoms with Crippen molar-refractivity contribution in [2.24, 2.45) is 0 Å². The smallest absolute Gasteiger partial charge is 0.240 e. The van der Waals surface area contributed by atoms with Crippen LogP contribution in [0.5, 0.6) is 0 Å². The number of hydrogen-bond acceptors (Lipinski definition) is 3. The number of sulfonamides is 1. The van der Waals surface area contributed by atoms with Crippen molar-refractivity contribution in [1.82, 2.24) is 4.72 Å². The van der Waals surface area contributed by atoms with E-state index in [9.17, 15) is 13.5 Å². The molecule has 6 heteroatoms. The van der Waals surface area contributed by atoms with Crippen molar-refractivity contribution in [3.05, 3.63) is 64.1 Å². The summed E-state index contributed by atoms with van der Waals surface area (Å²) in [5.41, 5.74) is 1.27. The summed E-state index contributed by atoms with van der Waals surface area (Å²) >= 11 is 3.28. The summed E-state index contributed by atoms with van der Waals surface area (Å²) in [5.74, 6) is 0. The largest absolute Gasteiger partial charge is 0.388 e. The monoisotopic (exact) mass is 395 g/mol. The predicted octanol–water partition coefficient (Wildman–Crippen LogP) is 2.65. The summed E-state index contributed by atoms with van der Waals surface area (Å²) in [6.45, 7) is 0.0136. The first-order chi connectivity index (χ1) is 10.9. The number of rotatable bonds is 4. The van der Waals surface area contributed by atoms with Crippen LogP contribution >= 0.6 is 15.9 Å². The van der Waals surface area contributed by atoms with E-state index in [1.807, 2.05) is 18.2 Å². The summed E-state index contributed by atoms with van der Waals surface area (Å²) < 4.78 is 28.0. The van der Waals surface area contributed by atoms with Crippen LogP contribution in [0.4, 0.5) is 0 Å². The van der Waals surface area contributed by atoms with E-state index in [4.69, 9.17) is 0 Å². The van der Waals surface area contributed by atoms with Gasteiger partial charge in [-0.15, -0.1) is 0 Å². The molecule has 122 valence electrons. The van der Waals surface area contributed by atoms with Crippen molar-refractivity contribution in [2.75, 3.05) is 6.54 Å². The predicted molar refractivity (Wildman–Crippen MR) is 92.7 cm³/mol. The van der Waals surface area contributed by atoms with Crippen molar-refractivity contribution in [2.45, 2.75) is 29.8 Å². The molecule has 0 radical (unpaired) electrons. The van der Waals surface area contributed by atoms with Gasteiger partial charge in [0.2, 0.25) is 10.0 Å². The fourth-order valence-corrected chi connectivity index (χ4v) is 4.25. The van der Waals surface area contributed by atoms with Crippen LogP contribution in [-0.4, -0.2) is 25.7 Å². The molecule has 0 spiro atoms. The zero-order valence-electron chi connectivity index (χ0n) is 12.5. The maximum Gasteiger partial charge on any atom is 0.240 e. The van der Waals surface area contributed by atoms with Gasteiger partial charge in [0.15, 0.2) is 0 Å². The van der Waals surface area contributed by atoms with Crippen molar-refractivity contribution in [3.63, 3.8) is 0 Å². The van der Waals surface area contributed by atoms with E-state index in [2.05, 4.69) is 26.7 Å². The van der Waals surface area contributed by atoms with Gasteiger partial charge in [0.1, 0.15) is 0 Å². The molecule has 0 fully saturated rings. The molecule has 0 aromatic heterocycles. The van der Waals surface area contributed by atoms with Crippen LogP contribution in [0.3, 0.4) is 0 Å². The van der Waals surface area contributed by atoms with Crippen LogP contribution in [-0.2, 0) is 22.9 Å². The van der Waals surface area contributed by atoms with Crippen LogP contribution in [0.2, 0.25) is 0 Å². The lowest BCUT2D eigenvalue weighted by Crippen LogP contribution is -2.46. The summed E-state index contributed by atoms with van der Waals surface area (Å²) in [7, 11) is -3.62. The minimum atomic E-state index is -3.62. The molecule has 0 unspecified atom stereocenters. The second-order valence-electron chi connectivity index (χ2n) is 5.95. The molecular formula is C17H18BrNO3S. The molecule has 23 heavy (non-hydrogen) atoms. The Morgan fingerprint density at radius 1 is 1.09 bits per heavy atom. The molecule has 0 saturated heterocycles. The third kappa shape index (κ3) is 3.83. The van der Waals surface area contributed by atoms with Crippen molar-refractivity contribution in [3.8, 4) is 0 Å². The minimum absolute atomic E-state index is 0.0136. The van der Waals surface area contributed by atoms with E-state index in [0.29, 0.717) is 12.8 Å². The Kier molecular flexibility index (Phi) is 4.60. The lowest BCUT2D eigenvalue weighted by molar-refractivity contribution is 0.0317. The van der Waals surface area contributed by atoms with Gasteiger partial charge >= 0.3 is 0 Å². The molecule has 2 N–H and O–H groups in total. The Morgan fingerprint density at radius 3 is 2.43 bits per heavy atom. The van der Waals surface area contributed by atoms with Gasteiger partial charge in [-0.25, -0.2) is 13.1 Å². The minimum Gasteiger partial charge on any atom is -0.388 e. The second-order valence-corrected chi connectivity index (χ2v) is 8.63. The summed E-state index contributed by atoms with van der Waals surface area (Å²) in [4.78, 5) is 0.195. The highest BCUT2D eigenvalue weighted by molar-refractivity contribution is 9.10. The molecule has 3 rings (SSSR count). The maximum atomic E-state index is 12.3. The van der Waals surface area contributed by atoms with Crippen LogP contribution in [0.15, 0.2) is 57.9 Å². The highest BCUT2D eigenvalue weighted by atomic mass is 79.9. The summed E-state index contributed by atoms with van der Waals surface area (Å²) in [5, 5.41) is 10.7. The zero-order valence-corrected chi connectivity index (χ0v) is 14.9. The molecular weight excluding hydrogens is 378 g/mol. The highest BCUT2D eigenvalue weighted by Crippen LogP contribution is 2.28. The lowest BCUT2D eigenvalue weighted by atomic mass is 9.80. The average Bonchev–Trinajstić information content (AvgIpc) is 2.54. The van der Waals surface area contributed by atoms with Crippen molar-refractivity contribution < 1.29 is 13.5 Å². The maximum absolute atomic E-state index is 12.3. The van der Waals surface area contributed by atoms with Gasteiger partial charge in [-0.3, -0.25) is 0 Å². The van der Waals surface area contributed by atoms with Crippen LogP contribution in [0.1, 0.15) is 17.5 Å². The van der Waals surface area contributed by atoms with Crippen LogP contribution in [0, 0.1) is 0 Å². The van der Waals surface area contributed by atoms with E-state index in [1.165, 1.54) is 17.7 Å². The van der Waals surface area contributed by atoms with Crippen molar-refractivity contribution in [1.29, 1.82) is 0 Å². The number of fused-ring (bicyclic) bond motifs is 1. The molecule has 1 aliphatic rings. The fraction of sp³-hybridized carbons (Fsp3) is 0.294. The number of aryl methyl sites for hydroxylation is 1. The van der Waals surface area contributed by atoms with Gasteiger partial charge < -0.3 is 5.11 Å². The number of hydrogen-bond donors (Lipinski definition) is 2. The molecule has 0 saturated carbocycles. The van der Waals surface area contributed by atoms with Gasteiger partial charge in [-0.1, -0.05) is 40.2 Å². The quantitative estimate of drug-likeness (QED) is 0.835. The Morgan fingerprint density at radius 2 is 1.74 bits per heavy atom. The van der Waals surface area contributed by atoms with E-state index in [1.54, 1.807) is 12.1 Å². The van der Waals surface area contributed by atoms with Crippen LogP contribution < -0.4 is 4.72 Å². The first kappa shape index (κ1) is 16.6. The topological polar surface area (TPSA) is 66.4 Å². The van der Waals surface area contributed by atoms with E-state index < -0.39 is 15.6 Å². The van der Waals surface area contributed by atoms with Crippen molar-refractivity contribution >= 4 is 26.0 Å². The first-order valence-electron chi connectivity index (χ1n) is 7.42. The molecule has 0 aliphatic heterocycles. The van der Waals surface area contributed by atoms with Crippen LogP contribution in [0.25, 0.3) is 0 Å². The van der Waals surface area contributed by atoms with Gasteiger partial charge in [0.05, 0.1) is 10.5 Å². The normalized spacial score (nSPS) is 21.0. The zero-order chi connectivity index (χ0) is 16.5. The number of nitrogens with one attached hydrogen (secondary N) is 1. The molecule has 0 heterocycles. The Labute approximate surface area is 144 Å². The van der Waals surface area contributed by atoms with E-state index in [-0.39, 0.29) is 11.4 Å². The fourth-order valence-electron chi connectivity index (χ4n) is 2.86. The highest BCUT2D eigenvalue weighted by Gasteiger charge is 2.33. The molecule has 2 aromatic rings. The molecule has 4 nitrogen and oxygen atoms in total. The van der Waals surface area contributed by atoms with E-state index in [0.717, 1.165) is 16.5 Å². The molecule has 1 atom stereocenters. The first-order valence-corrected chi connectivity index (χ1v) is 9.70. The number of halogens is 1. The third-order valence-corrected chi connectivity index (χ3v) is 6.16. The summed E-state index contributed by atoms with van der Waals surface area (Å²) in [6, 6.07) is 14.4. The molecule has 2 aromatic carbocycles. The average molecular weight is 396 g/mol. The molecule has 0 amide bonds. The van der Waals surface area contributed by atoms with Gasteiger partial charge in [-0.2, -0.15) is 0 Å². The number of aliphatic hydroxyl groups is 1. The standard InChI is InChI=1S/C17H18BrNO3S/c18-15-5-7-16(8-6-15)23(21,22)19-12-17(20)10-9-13-3-1-2-4-14(13)11-17/h1-8,19-20H,9-12H2/t17-/m1/s1. The van der Waals surface area contributed by atoms with E-state index >= 15 is 0 Å². The van der Waals surface area contributed by atoms with Gasteiger partial charge in [0.25, 0.3) is 0 Å². The number of benzene rings is 2. The third-order valence-electron chi connectivity index (χ3n) is 4.21. The van der Waals surface area contributed by atoms with Gasteiger partial charge in [0, 0.05) is 17.4 Å².